The molecule has 0 radical (unpaired) electrons. The number of hydrogen-bond acceptors (Lipinski definition) is 3. The van der Waals surface area contributed by atoms with Crippen molar-refractivity contribution in [1.29, 1.82) is 5.26 Å². The first-order valence-corrected chi connectivity index (χ1v) is 7.97. The lowest BCUT2D eigenvalue weighted by Gasteiger charge is -2.26. The molecule has 0 saturated carbocycles. The first-order chi connectivity index (χ1) is 8.99. The minimum absolute atomic E-state index is 0.271. The summed E-state index contributed by atoms with van der Waals surface area (Å²) in [6, 6.07) is 4.92. The van der Waals surface area contributed by atoms with Crippen molar-refractivity contribution in [1.82, 2.24) is 4.72 Å². The molecule has 0 aliphatic heterocycles. The molecular formula is C15H22N2O2S. The largest absolute Gasteiger partial charge is 0.242 e. The molecule has 20 heavy (non-hydrogen) atoms. The second kappa shape index (κ2) is 5.55. The van der Waals surface area contributed by atoms with Gasteiger partial charge in [0.05, 0.1) is 11.0 Å². The Morgan fingerprint density at radius 1 is 1.15 bits per heavy atom. The number of nitrogens with one attached hydrogen (secondary N) is 1. The smallest absolute Gasteiger partial charge is 0.207 e. The number of nitriles is 1. The summed E-state index contributed by atoms with van der Waals surface area (Å²) in [4.78, 5) is 0.271. The summed E-state index contributed by atoms with van der Waals surface area (Å²) in [5.41, 5.74) is 1.95. The average molecular weight is 294 g/mol. The minimum atomic E-state index is -3.71. The summed E-state index contributed by atoms with van der Waals surface area (Å²) in [5.74, 6) is 0. The van der Waals surface area contributed by atoms with Gasteiger partial charge in [0.2, 0.25) is 10.0 Å². The van der Waals surface area contributed by atoms with E-state index in [1.807, 2.05) is 45.9 Å². The number of aryl methyl sites for hydroxylation is 3. The Morgan fingerprint density at radius 3 is 1.95 bits per heavy atom. The molecule has 1 atom stereocenters. The molecule has 1 N–H and O–H groups in total. The monoisotopic (exact) mass is 294 g/mol. The quantitative estimate of drug-likeness (QED) is 0.932. The molecule has 0 aliphatic carbocycles. The van der Waals surface area contributed by atoms with Crippen molar-refractivity contribution >= 4 is 10.0 Å². The van der Waals surface area contributed by atoms with Crippen molar-refractivity contribution in [2.24, 2.45) is 5.41 Å². The topological polar surface area (TPSA) is 70.0 Å². The van der Waals surface area contributed by atoms with E-state index in [2.05, 4.69) is 4.72 Å². The lowest BCUT2D eigenvalue weighted by Crippen LogP contribution is -2.42. The van der Waals surface area contributed by atoms with Crippen molar-refractivity contribution < 1.29 is 8.42 Å². The lowest BCUT2D eigenvalue weighted by atomic mass is 9.88. The van der Waals surface area contributed by atoms with E-state index in [1.54, 1.807) is 13.8 Å². The second-order valence-corrected chi connectivity index (χ2v) is 7.93. The molecule has 0 spiro atoms. The summed E-state index contributed by atoms with van der Waals surface area (Å²) in [6.07, 6.45) is 0. The van der Waals surface area contributed by atoms with Gasteiger partial charge in [0.25, 0.3) is 0 Å². The molecule has 0 amide bonds. The zero-order valence-electron chi connectivity index (χ0n) is 12.9. The van der Waals surface area contributed by atoms with Gasteiger partial charge < -0.3 is 0 Å². The number of hydrogen-bond donors (Lipinski definition) is 1. The highest BCUT2D eigenvalue weighted by Gasteiger charge is 2.31. The van der Waals surface area contributed by atoms with Crippen molar-refractivity contribution in [3.05, 3.63) is 28.8 Å². The van der Waals surface area contributed by atoms with Crippen LogP contribution in [-0.2, 0) is 10.0 Å². The van der Waals surface area contributed by atoms with E-state index >= 15 is 0 Å². The average Bonchev–Trinajstić information content (AvgIpc) is 2.22. The molecular weight excluding hydrogens is 272 g/mol. The summed E-state index contributed by atoms with van der Waals surface area (Å²) in [7, 11) is -3.71. The molecule has 4 nitrogen and oxygen atoms in total. The summed E-state index contributed by atoms with van der Waals surface area (Å²) in [5, 5.41) is 9.18. The zero-order chi connectivity index (χ0) is 15.7. The molecule has 0 saturated heterocycles. The molecule has 1 aromatic carbocycles. The molecule has 0 unspecified atom stereocenters. The first-order valence-electron chi connectivity index (χ1n) is 6.49. The van der Waals surface area contributed by atoms with Gasteiger partial charge in [0, 0.05) is 0 Å². The lowest BCUT2D eigenvalue weighted by molar-refractivity contribution is 0.350. The Morgan fingerprint density at radius 2 is 1.60 bits per heavy atom. The Kier molecular flexibility index (Phi) is 4.62. The predicted octanol–water partition coefficient (Wildman–Crippen LogP) is 2.83. The van der Waals surface area contributed by atoms with E-state index in [4.69, 9.17) is 0 Å². The highest BCUT2D eigenvalue weighted by molar-refractivity contribution is 7.89. The van der Waals surface area contributed by atoms with Crippen LogP contribution in [0.4, 0.5) is 0 Å². The molecule has 5 heteroatoms. The SMILES string of the molecule is Cc1cc(C)c(S(=O)(=O)N[C@H](C#N)C(C)(C)C)c(C)c1. The van der Waals surface area contributed by atoms with E-state index in [0.717, 1.165) is 5.56 Å². The van der Waals surface area contributed by atoms with Gasteiger partial charge in [0.1, 0.15) is 6.04 Å². The van der Waals surface area contributed by atoms with Crippen LogP contribution in [0.15, 0.2) is 17.0 Å². The van der Waals surface area contributed by atoms with Crippen molar-refractivity contribution in [2.75, 3.05) is 0 Å². The maximum atomic E-state index is 12.5. The van der Waals surface area contributed by atoms with Crippen molar-refractivity contribution in [3.63, 3.8) is 0 Å². The van der Waals surface area contributed by atoms with Crippen LogP contribution in [0.1, 0.15) is 37.5 Å². The van der Waals surface area contributed by atoms with Gasteiger partial charge in [-0.2, -0.15) is 9.98 Å². The molecule has 0 bridgehead atoms. The number of benzene rings is 1. The second-order valence-electron chi connectivity index (χ2n) is 6.28. The van der Waals surface area contributed by atoms with Gasteiger partial charge in [0.15, 0.2) is 0 Å². The molecule has 1 aromatic rings. The third kappa shape index (κ3) is 3.59. The fraction of sp³-hybridized carbons (Fsp3) is 0.533. The van der Waals surface area contributed by atoms with Crippen LogP contribution < -0.4 is 4.72 Å². The normalized spacial score (nSPS) is 13.8. The Labute approximate surface area is 121 Å². The summed E-state index contributed by atoms with van der Waals surface area (Å²) in [6.45, 7) is 11.0. The fourth-order valence-electron chi connectivity index (χ4n) is 2.20. The number of nitrogens with zero attached hydrogens (tertiary/aromatic N) is 1. The van der Waals surface area contributed by atoms with Crippen LogP contribution in [0, 0.1) is 37.5 Å². The highest BCUT2D eigenvalue weighted by atomic mass is 32.2. The molecule has 0 aliphatic rings. The zero-order valence-corrected chi connectivity index (χ0v) is 13.7. The van der Waals surface area contributed by atoms with Gasteiger partial charge in [-0.25, -0.2) is 8.42 Å². The van der Waals surface area contributed by atoms with Gasteiger partial charge in [-0.1, -0.05) is 38.5 Å². The third-order valence-corrected chi connectivity index (χ3v) is 4.87. The van der Waals surface area contributed by atoms with E-state index in [0.29, 0.717) is 11.1 Å². The maximum Gasteiger partial charge on any atom is 0.242 e. The molecule has 0 aromatic heterocycles. The predicted molar refractivity (Wildman–Crippen MR) is 79.8 cm³/mol. The molecule has 110 valence electrons. The first kappa shape index (κ1) is 16.7. The Bertz CT molecular complexity index is 626. The van der Waals surface area contributed by atoms with Crippen LogP contribution in [0.3, 0.4) is 0 Å². The standard InChI is InChI=1S/C15H22N2O2S/c1-10-7-11(2)14(12(3)8-10)20(18,19)17-13(9-16)15(4,5)6/h7-8,13,17H,1-6H3/t13-/m1/s1. The summed E-state index contributed by atoms with van der Waals surface area (Å²) < 4.78 is 27.6. The molecule has 0 fully saturated rings. The van der Waals surface area contributed by atoms with Crippen molar-refractivity contribution in [3.8, 4) is 6.07 Å². The van der Waals surface area contributed by atoms with Crippen molar-refractivity contribution in [2.45, 2.75) is 52.5 Å². The van der Waals surface area contributed by atoms with E-state index in [9.17, 15) is 13.7 Å². The van der Waals surface area contributed by atoms with Crippen LogP contribution >= 0.6 is 0 Å². The van der Waals surface area contributed by atoms with E-state index in [-0.39, 0.29) is 4.90 Å². The highest BCUT2D eigenvalue weighted by Crippen LogP contribution is 2.25. The van der Waals surface area contributed by atoms with Crippen LogP contribution in [0.2, 0.25) is 0 Å². The summed E-state index contributed by atoms with van der Waals surface area (Å²) >= 11 is 0. The number of rotatable bonds is 3. The number of sulfonamides is 1. The maximum absolute atomic E-state index is 12.5. The van der Waals surface area contributed by atoms with Gasteiger partial charge >= 0.3 is 0 Å². The van der Waals surface area contributed by atoms with Crippen LogP contribution in [0.5, 0.6) is 0 Å². The molecule has 1 rings (SSSR count). The Balaban J connectivity index is 3.30. The Hall–Kier alpha value is -1.38. The van der Waals surface area contributed by atoms with Gasteiger partial charge in [-0.15, -0.1) is 0 Å². The van der Waals surface area contributed by atoms with Gasteiger partial charge in [-0.3, -0.25) is 0 Å². The molecule has 0 heterocycles. The van der Waals surface area contributed by atoms with E-state index < -0.39 is 21.5 Å². The van der Waals surface area contributed by atoms with Crippen LogP contribution in [-0.4, -0.2) is 14.5 Å². The van der Waals surface area contributed by atoms with Gasteiger partial charge in [-0.05, 0) is 37.3 Å². The third-order valence-electron chi connectivity index (χ3n) is 3.14. The minimum Gasteiger partial charge on any atom is -0.207 e. The fourth-order valence-corrected chi connectivity index (χ4v) is 4.00. The van der Waals surface area contributed by atoms with Crippen LogP contribution in [0.25, 0.3) is 0 Å². The van der Waals surface area contributed by atoms with E-state index in [1.165, 1.54) is 0 Å².